The highest BCUT2D eigenvalue weighted by molar-refractivity contribution is 7.23. The third kappa shape index (κ3) is 2.16. The number of rotatable bonds is 2. The predicted molar refractivity (Wildman–Crippen MR) is 82.1 cm³/mol. The molecule has 6 heteroatoms. The lowest BCUT2D eigenvalue weighted by atomic mass is 10.1. The van der Waals surface area contributed by atoms with Crippen molar-refractivity contribution in [2.24, 2.45) is 0 Å². The van der Waals surface area contributed by atoms with Gasteiger partial charge in [0.05, 0.1) is 16.3 Å². The molecule has 1 aliphatic heterocycles. The summed E-state index contributed by atoms with van der Waals surface area (Å²) in [6.07, 6.45) is 0.860. The molecule has 1 atom stereocenters. The molecule has 106 valence electrons. The van der Waals surface area contributed by atoms with Crippen molar-refractivity contribution in [3.8, 4) is 0 Å². The zero-order valence-electron chi connectivity index (χ0n) is 11.0. The summed E-state index contributed by atoms with van der Waals surface area (Å²) in [5, 5.41) is 8.27. The number of anilines is 1. The summed E-state index contributed by atoms with van der Waals surface area (Å²) in [7, 11) is 0. The average Bonchev–Trinajstić information content (AvgIpc) is 2.78. The van der Waals surface area contributed by atoms with Crippen LogP contribution in [-0.2, 0) is 4.79 Å². The Hall–Kier alpha value is -2.05. The van der Waals surface area contributed by atoms with Crippen molar-refractivity contribution < 1.29 is 9.18 Å². The maximum atomic E-state index is 13.3. The molecule has 2 heterocycles. The number of benzene rings is 2. The van der Waals surface area contributed by atoms with Crippen LogP contribution in [0.25, 0.3) is 21.0 Å². The van der Waals surface area contributed by atoms with Gasteiger partial charge in [0.1, 0.15) is 5.82 Å². The first-order valence-corrected chi connectivity index (χ1v) is 7.55. The quantitative estimate of drug-likeness (QED) is 0.765. The Bertz CT molecular complexity index is 857. The zero-order valence-corrected chi connectivity index (χ0v) is 11.8. The molecule has 1 amide bonds. The number of nitrogens with one attached hydrogen (secondary N) is 2. The van der Waals surface area contributed by atoms with Gasteiger partial charge < -0.3 is 10.6 Å². The van der Waals surface area contributed by atoms with Crippen LogP contribution in [0, 0.1) is 5.82 Å². The van der Waals surface area contributed by atoms with Crippen molar-refractivity contribution in [1.82, 2.24) is 10.3 Å². The Morgan fingerprint density at radius 2 is 2.24 bits per heavy atom. The molecule has 0 aliphatic carbocycles. The van der Waals surface area contributed by atoms with Crippen molar-refractivity contribution >= 4 is 43.4 Å². The van der Waals surface area contributed by atoms with Crippen molar-refractivity contribution in [1.29, 1.82) is 0 Å². The summed E-state index contributed by atoms with van der Waals surface area (Å²) in [6.45, 7) is 0.883. The molecule has 3 aromatic rings. The summed E-state index contributed by atoms with van der Waals surface area (Å²) >= 11 is 1.42. The number of carbonyl (C=O) groups excluding carboxylic acids is 1. The molecule has 0 spiro atoms. The molecule has 1 aromatic heterocycles. The SMILES string of the molecule is O=C(Nc1nc2ccc3cc(F)ccc3c2s1)C1CCN1. The molecule has 2 N–H and O–H groups in total. The van der Waals surface area contributed by atoms with Crippen molar-refractivity contribution in [2.75, 3.05) is 11.9 Å². The maximum Gasteiger partial charge on any atom is 0.243 e. The minimum atomic E-state index is -0.254. The van der Waals surface area contributed by atoms with Crippen molar-refractivity contribution in [2.45, 2.75) is 12.5 Å². The number of aromatic nitrogens is 1. The third-order valence-corrected chi connectivity index (χ3v) is 4.72. The second-order valence-corrected chi connectivity index (χ2v) is 6.08. The second kappa shape index (κ2) is 4.75. The maximum absolute atomic E-state index is 13.3. The van der Waals surface area contributed by atoms with Crippen molar-refractivity contribution in [3.05, 3.63) is 36.1 Å². The van der Waals surface area contributed by atoms with Crippen LogP contribution in [0.15, 0.2) is 30.3 Å². The van der Waals surface area contributed by atoms with Gasteiger partial charge in [-0.15, -0.1) is 0 Å². The fourth-order valence-corrected chi connectivity index (χ4v) is 3.45. The number of amides is 1. The molecule has 0 saturated carbocycles. The first-order valence-electron chi connectivity index (χ1n) is 6.74. The minimum Gasteiger partial charge on any atom is -0.306 e. The first kappa shape index (κ1) is 12.7. The Morgan fingerprint density at radius 1 is 1.38 bits per heavy atom. The topological polar surface area (TPSA) is 54.0 Å². The van der Waals surface area contributed by atoms with Crippen LogP contribution in [0.3, 0.4) is 0 Å². The van der Waals surface area contributed by atoms with Gasteiger partial charge in [-0.3, -0.25) is 4.79 Å². The Morgan fingerprint density at radius 3 is 3.00 bits per heavy atom. The second-order valence-electron chi connectivity index (χ2n) is 5.08. The fourth-order valence-electron chi connectivity index (χ4n) is 2.44. The minimum absolute atomic E-state index is 0.0457. The molecule has 4 rings (SSSR count). The summed E-state index contributed by atoms with van der Waals surface area (Å²) in [5.41, 5.74) is 0.816. The van der Waals surface area contributed by atoms with Gasteiger partial charge in [-0.25, -0.2) is 9.37 Å². The summed E-state index contributed by atoms with van der Waals surface area (Å²) in [5.74, 6) is -0.299. The van der Waals surface area contributed by atoms with Gasteiger partial charge in [0, 0.05) is 5.39 Å². The standard InChI is InChI=1S/C15H12FN3OS/c16-9-2-3-10-8(7-9)1-4-11-13(10)21-15(18-11)19-14(20)12-5-6-17-12/h1-4,7,12,17H,5-6H2,(H,18,19,20). The Kier molecular flexibility index (Phi) is 2.87. The lowest BCUT2D eigenvalue weighted by molar-refractivity contribution is -0.119. The van der Waals surface area contributed by atoms with E-state index in [0.29, 0.717) is 5.13 Å². The number of nitrogens with zero attached hydrogens (tertiary/aromatic N) is 1. The molecule has 21 heavy (non-hydrogen) atoms. The Labute approximate surface area is 124 Å². The molecule has 4 nitrogen and oxygen atoms in total. The average molecular weight is 301 g/mol. The van der Waals surface area contributed by atoms with E-state index in [9.17, 15) is 9.18 Å². The summed E-state index contributed by atoms with van der Waals surface area (Å²) < 4.78 is 14.2. The van der Waals surface area contributed by atoms with Crippen LogP contribution in [0.4, 0.5) is 9.52 Å². The van der Waals surface area contributed by atoms with Crippen LogP contribution in [0.1, 0.15) is 6.42 Å². The Balaban J connectivity index is 1.74. The van der Waals surface area contributed by atoms with Gasteiger partial charge in [0.15, 0.2) is 5.13 Å². The van der Waals surface area contributed by atoms with E-state index in [2.05, 4.69) is 15.6 Å². The van der Waals surface area contributed by atoms with Crippen LogP contribution in [0.2, 0.25) is 0 Å². The lowest BCUT2D eigenvalue weighted by Crippen LogP contribution is -2.50. The highest BCUT2D eigenvalue weighted by Gasteiger charge is 2.25. The van der Waals surface area contributed by atoms with Gasteiger partial charge in [0.2, 0.25) is 5.91 Å². The number of thiazole rings is 1. The van der Waals surface area contributed by atoms with Gasteiger partial charge in [0.25, 0.3) is 0 Å². The van der Waals surface area contributed by atoms with E-state index in [4.69, 9.17) is 0 Å². The lowest BCUT2D eigenvalue weighted by Gasteiger charge is -2.25. The van der Waals surface area contributed by atoms with Gasteiger partial charge >= 0.3 is 0 Å². The highest BCUT2D eigenvalue weighted by Crippen LogP contribution is 2.33. The highest BCUT2D eigenvalue weighted by atomic mass is 32.1. The molecule has 1 unspecified atom stereocenters. The number of fused-ring (bicyclic) bond motifs is 3. The van der Waals surface area contributed by atoms with Gasteiger partial charge in [-0.1, -0.05) is 17.4 Å². The van der Waals surface area contributed by atoms with E-state index in [1.54, 1.807) is 6.07 Å². The monoisotopic (exact) mass is 301 g/mol. The van der Waals surface area contributed by atoms with Crippen LogP contribution in [0.5, 0.6) is 0 Å². The van der Waals surface area contributed by atoms with E-state index in [-0.39, 0.29) is 17.8 Å². The predicted octanol–water partition coefficient (Wildman–Crippen LogP) is 2.89. The van der Waals surface area contributed by atoms with Crippen LogP contribution >= 0.6 is 11.3 Å². The smallest absolute Gasteiger partial charge is 0.243 e. The molecule has 1 aliphatic rings. The molecule has 1 saturated heterocycles. The van der Waals surface area contributed by atoms with E-state index < -0.39 is 0 Å². The summed E-state index contributed by atoms with van der Waals surface area (Å²) in [6, 6.07) is 8.29. The third-order valence-electron chi connectivity index (χ3n) is 3.70. The number of hydrogen-bond donors (Lipinski definition) is 2. The molecular formula is C15H12FN3OS. The summed E-state index contributed by atoms with van der Waals surface area (Å²) in [4.78, 5) is 16.4. The van der Waals surface area contributed by atoms with Crippen LogP contribution < -0.4 is 10.6 Å². The molecular weight excluding hydrogens is 289 g/mol. The molecule has 0 bridgehead atoms. The van der Waals surface area contributed by atoms with Crippen molar-refractivity contribution in [3.63, 3.8) is 0 Å². The van der Waals surface area contributed by atoms with Gasteiger partial charge in [-0.05, 0) is 42.6 Å². The molecule has 1 fully saturated rings. The number of halogens is 1. The van der Waals surface area contributed by atoms with E-state index in [1.807, 2.05) is 12.1 Å². The first-order chi connectivity index (χ1) is 10.2. The number of hydrogen-bond acceptors (Lipinski definition) is 4. The van der Waals surface area contributed by atoms with Gasteiger partial charge in [-0.2, -0.15) is 0 Å². The van der Waals surface area contributed by atoms with E-state index >= 15 is 0 Å². The zero-order chi connectivity index (χ0) is 14.4. The normalized spacial score (nSPS) is 17.9. The van der Waals surface area contributed by atoms with E-state index in [1.165, 1.54) is 23.5 Å². The fraction of sp³-hybridized carbons (Fsp3) is 0.200. The molecule has 0 radical (unpaired) electrons. The largest absolute Gasteiger partial charge is 0.306 e. The van der Waals surface area contributed by atoms with Crippen LogP contribution in [-0.4, -0.2) is 23.5 Å². The van der Waals surface area contributed by atoms with E-state index in [0.717, 1.165) is 34.0 Å². The molecule has 2 aromatic carbocycles. The number of carbonyl (C=O) groups is 1.